The molecule has 0 radical (unpaired) electrons. The molecular weight excluding hydrogens is 234 g/mol. The molecule has 1 aliphatic rings. The third-order valence-electron chi connectivity index (χ3n) is 2.96. The smallest absolute Gasteiger partial charge is 0.340 e. The number of rotatable bonds is 2. The van der Waals surface area contributed by atoms with Crippen LogP contribution in [0.2, 0.25) is 0 Å². The van der Waals surface area contributed by atoms with Crippen LogP contribution in [0.25, 0.3) is 0 Å². The van der Waals surface area contributed by atoms with Gasteiger partial charge in [-0.25, -0.2) is 4.79 Å². The van der Waals surface area contributed by atoms with Crippen LogP contribution in [-0.2, 0) is 9.53 Å². The molecule has 96 valence electrons. The number of likely N-dealkylation sites (tertiary alicyclic amines) is 1. The second-order valence-corrected chi connectivity index (χ2v) is 4.34. The molecule has 1 aromatic heterocycles. The lowest BCUT2D eigenvalue weighted by Crippen LogP contribution is -2.29. The molecule has 2 N–H and O–H groups in total. The van der Waals surface area contributed by atoms with Gasteiger partial charge in [0, 0.05) is 20.0 Å². The van der Waals surface area contributed by atoms with Crippen molar-refractivity contribution in [1.82, 2.24) is 9.88 Å². The second kappa shape index (κ2) is 4.64. The Morgan fingerprint density at radius 3 is 2.94 bits per heavy atom. The Hall–Kier alpha value is -2.11. The highest BCUT2D eigenvalue weighted by Crippen LogP contribution is 2.17. The Bertz CT molecular complexity index is 501. The SMILES string of the molecule is Cc1ncc(N)cc1C(=O)OC1CCN(C)C1=O. The van der Waals surface area contributed by atoms with E-state index in [1.165, 1.54) is 12.3 Å². The van der Waals surface area contributed by atoms with E-state index in [9.17, 15) is 9.59 Å². The third kappa shape index (κ3) is 2.27. The first kappa shape index (κ1) is 12.3. The highest BCUT2D eigenvalue weighted by Gasteiger charge is 2.32. The number of pyridine rings is 1. The summed E-state index contributed by atoms with van der Waals surface area (Å²) in [6.07, 6.45) is 1.31. The van der Waals surface area contributed by atoms with Crippen LogP contribution in [0.15, 0.2) is 12.3 Å². The zero-order valence-electron chi connectivity index (χ0n) is 10.3. The first-order valence-corrected chi connectivity index (χ1v) is 5.67. The van der Waals surface area contributed by atoms with Gasteiger partial charge >= 0.3 is 5.97 Å². The predicted octanol–water partition coefficient (Wildman–Crippen LogP) is 0.360. The highest BCUT2D eigenvalue weighted by molar-refractivity contribution is 5.94. The number of hydrogen-bond donors (Lipinski definition) is 1. The number of nitrogen functional groups attached to an aromatic ring is 1. The van der Waals surface area contributed by atoms with E-state index < -0.39 is 12.1 Å². The summed E-state index contributed by atoms with van der Waals surface area (Å²) in [6.45, 7) is 2.30. The Kier molecular flexibility index (Phi) is 3.18. The topological polar surface area (TPSA) is 85.5 Å². The van der Waals surface area contributed by atoms with Crippen molar-refractivity contribution < 1.29 is 14.3 Å². The molecule has 1 aliphatic heterocycles. The van der Waals surface area contributed by atoms with Gasteiger partial charge in [0.2, 0.25) is 0 Å². The minimum Gasteiger partial charge on any atom is -0.449 e. The van der Waals surface area contributed by atoms with Crippen LogP contribution in [0.1, 0.15) is 22.5 Å². The number of esters is 1. The summed E-state index contributed by atoms with van der Waals surface area (Å²) >= 11 is 0. The van der Waals surface area contributed by atoms with Crippen LogP contribution >= 0.6 is 0 Å². The van der Waals surface area contributed by atoms with Crippen LogP contribution in [0.3, 0.4) is 0 Å². The van der Waals surface area contributed by atoms with Crippen LogP contribution in [0.4, 0.5) is 5.69 Å². The molecule has 1 unspecified atom stereocenters. The van der Waals surface area contributed by atoms with Crippen molar-refractivity contribution in [1.29, 1.82) is 0 Å². The molecule has 1 fully saturated rings. The molecule has 0 aliphatic carbocycles. The quantitative estimate of drug-likeness (QED) is 0.765. The Balaban J connectivity index is 2.13. The molecule has 0 saturated carbocycles. The van der Waals surface area contributed by atoms with Crippen molar-refractivity contribution in [2.24, 2.45) is 0 Å². The van der Waals surface area contributed by atoms with E-state index in [1.807, 2.05) is 0 Å². The van der Waals surface area contributed by atoms with Crippen LogP contribution in [-0.4, -0.2) is 41.5 Å². The van der Waals surface area contributed by atoms with E-state index in [-0.39, 0.29) is 5.91 Å². The van der Waals surface area contributed by atoms with Gasteiger partial charge in [-0.15, -0.1) is 0 Å². The van der Waals surface area contributed by atoms with E-state index in [0.29, 0.717) is 29.9 Å². The fourth-order valence-corrected chi connectivity index (χ4v) is 1.85. The summed E-state index contributed by atoms with van der Waals surface area (Å²) in [6, 6.07) is 1.51. The van der Waals surface area contributed by atoms with Gasteiger partial charge in [-0.05, 0) is 13.0 Å². The number of aromatic nitrogens is 1. The molecule has 0 bridgehead atoms. The van der Waals surface area contributed by atoms with E-state index in [4.69, 9.17) is 10.5 Å². The summed E-state index contributed by atoms with van der Waals surface area (Å²) in [5, 5.41) is 0. The molecule has 1 saturated heterocycles. The zero-order valence-corrected chi connectivity index (χ0v) is 10.3. The van der Waals surface area contributed by atoms with Crippen molar-refractivity contribution in [3.63, 3.8) is 0 Å². The van der Waals surface area contributed by atoms with E-state index in [2.05, 4.69) is 4.98 Å². The number of nitrogens with zero attached hydrogens (tertiary/aromatic N) is 2. The van der Waals surface area contributed by atoms with Crippen molar-refractivity contribution in [2.75, 3.05) is 19.3 Å². The maximum absolute atomic E-state index is 11.9. The van der Waals surface area contributed by atoms with Crippen LogP contribution in [0, 0.1) is 6.92 Å². The van der Waals surface area contributed by atoms with Crippen molar-refractivity contribution in [2.45, 2.75) is 19.4 Å². The molecule has 6 heteroatoms. The van der Waals surface area contributed by atoms with Crippen molar-refractivity contribution >= 4 is 17.6 Å². The Labute approximate surface area is 105 Å². The molecule has 0 aromatic carbocycles. The molecule has 1 amide bonds. The number of carbonyl (C=O) groups excluding carboxylic acids is 2. The van der Waals surface area contributed by atoms with Crippen LogP contribution in [0.5, 0.6) is 0 Å². The minimum absolute atomic E-state index is 0.169. The largest absolute Gasteiger partial charge is 0.449 e. The van der Waals surface area contributed by atoms with Gasteiger partial charge in [-0.2, -0.15) is 0 Å². The summed E-state index contributed by atoms with van der Waals surface area (Å²) in [5.74, 6) is -0.723. The fourth-order valence-electron chi connectivity index (χ4n) is 1.85. The first-order valence-electron chi connectivity index (χ1n) is 5.67. The molecule has 0 spiro atoms. The average molecular weight is 249 g/mol. The molecule has 2 heterocycles. The fraction of sp³-hybridized carbons (Fsp3) is 0.417. The number of aryl methyl sites for hydroxylation is 1. The van der Waals surface area contributed by atoms with E-state index in [0.717, 1.165) is 0 Å². The Morgan fingerprint density at radius 1 is 1.61 bits per heavy atom. The minimum atomic E-state index is -0.691. The van der Waals surface area contributed by atoms with Gasteiger partial charge in [0.25, 0.3) is 5.91 Å². The van der Waals surface area contributed by atoms with E-state index in [1.54, 1.807) is 18.9 Å². The predicted molar refractivity (Wildman–Crippen MR) is 64.8 cm³/mol. The van der Waals surface area contributed by atoms with Gasteiger partial charge in [0.1, 0.15) is 0 Å². The molecular formula is C12H15N3O3. The normalized spacial score (nSPS) is 19.1. The number of likely N-dealkylation sites (N-methyl/N-ethyl adjacent to an activating group) is 1. The number of carbonyl (C=O) groups is 2. The van der Waals surface area contributed by atoms with Gasteiger partial charge in [-0.3, -0.25) is 9.78 Å². The molecule has 6 nitrogen and oxygen atoms in total. The van der Waals surface area contributed by atoms with Crippen molar-refractivity contribution in [3.8, 4) is 0 Å². The Morgan fingerprint density at radius 2 is 2.33 bits per heavy atom. The van der Waals surface area contributed by atoms with Gasteiger partial charge in [0.05, 0.1) is 23.1 Å². The lowest BCUT2D eigenvalue weighted by atomic mass is 10.2. The average Bonchev–Trinajstić information content (AvgIpc) is 2.64. The number of anilines is 1. The third-order valence-corrected chi connectivity index (χ3v) is 2.96. The molecule has 18 heavy (non-hydrogen) atoms. The lowest BCUT2D eigenvalue weighted by molar-refractivity contribution is -0.133. The lowest BCUT2D eigenvalue weighted by Gasteiger charge is -2.12. The van der Waals surface area contributed by atoms with Crippen LogP contribution < -0.4 is 5.73 Å². The zero-order chi connectivity index (χ0) is 13.3. The number of ether oxygens (including phenoxy) is 1. The summed E-state index contributed by atoms with van der Waals surface area (Å²) in [7, 11) is 1.68. The van der Waals surface area contributed by atoms with Gasteiger partial charge in [-0.1, -0.05) is 0 Å². The standard InChI is InChI=1S/C12H15N3O3/c1-7-9(5-8(13)6-14-7)12(17)18-10-3-4-15(2)11(10)16/h5-6,10H,3-4,13H2,1-2H3. The first-order chi connectivity index (χ1) is 8.49. The van der Waals surface area contributed by atoms with Crippen molar-refractivity contribution in [3.05, 3.63) is 23.5 Å². The maximum atomic E-state index is 11.9. The molecule has 1 aromatic rings. The monoisotopic (exact) mass is 249 g/mol. The molecule has 1 atom stereocenters. The maximum Gasteiger partial charge on any atom is 0.340 e. The summed E-state index contributed by atoms with van der Waals surface area (Å²) in [5.41, 5.74) is 6.81. The van der Waals surface area contributed by atoms with E-state index >= 15 is 0 Å². The molecule has 2 rings (SSSR count). The second-order valence-electron chi connectivity index (χ2n) is 4.34. The van der Waals surface area contributed by atoms with Gasteiger partial charge < -0.3 is 15.4 Å². The highest BCUT2D eigenvalue weighted by atomic mass is 16.5. The number of nitrogens with two attached hydrogens (primary N) is 1. The van der Waals surface area contributed by atoms with Gasteiger partial charge in [0.15, 0.2) is 6.10 Å². The number of hydrogen-bond acceptors (Lipinski definition) is 5. The summed E-state index contributed by atoms with van der Waals surface area (Å²) in [4.78, 5) is 29.1. The summed E-state index contributed by atoms with van der Waals surface area (Å²) < 4.78 is 5.19. The number of amides is 1.